The lowest BCUT2D eigenvalue weighted by Crippen LogP contribution is -2.20. The van der Waals surface area contributed by atoms with E-state index in [9.17, 15) is 4.79 Å². The minimum Gasteiger partial charge on any atom is -0.494 e. The van der Waals surface area contributed by atoms with E-state index < -0.39 is 0 Å². The smallest absolute Gasteiger partial charge is 0.224 e. The van der Waals surface area contributed by atoms with E-state index in [1.54, 1.807) is 0 Å². The molecule has 0 spiro atoms. The molecule has 2 aliphatic rings. The Balaban J connectivity index is 1.51. The second kappa shape index (κ2) is 5.86. The molecule has 2 bridgehead atoms. The summed E-state index contributed by atoms with van der Waals surface area (Å²) in [4.78, 5) is 12.1. The summed E-state index contributed by atoms with van der Waals surface area (Å²) < 4.78 is 5.39. The van der Waals surface area contributed by atoms with Gasteiger partial charge in [0.2, 0.25) is 5.91 Å². The van der Waals surface area contributed by atoms with Gasteiger partial charge in [0.05, 0.1) is 6.61 Å². The molecule has 0 aromatic heterocycles. The van der Waals surface area contributed by atoms with Crippen molar-refractivity contribution in [3.63, 3.8) is 0 Å². The predicted molar refractivity (Wildman–Crippen MR) is 79.8 cm³/mol. The molecule has 2 saturated carbocycles. The first kappa shape index (κ1) is 13.5. The number of carbonyl (C=O) groups excluding carboxylic acids is 1. The minimum absolute atomic E-state index is 0.159. The monoisotopic (exact) mass is 273 g/mol. The van der Waals surface area contributed by atoms with Crippen LogP contribution >= 0.6 is 0 Å². The van der Waals surface area contributed by atoms with Crippen molar-refractivity contribution >= 4 is 11.6 Å². The molecule has 2 aliphatic carbocycles. The van der Waals surface area contributed by atoms with Crippen LogP contribution in [0.25, 0.3) is 0 Å². The first-order chi connectivity index (χ1) is 9.74. The van der Waals surface area contributed by atoms with Gasteiger partial charge >= 0.3 is 0 Å². The van der Waals surface area contributed by atoms with Crippen molar-refractivity contribution in [2.75, 3.05) is 11.9 Å². The molecule has 0 radical (unpaired) electrons. The molecule has 108 valence electrons. The van der Waals surface area contributed by atoms with Gasteiger partial charge in [0.15, 0.2) is 0 Å². The summed E-state index contributed by atoms with van der Waals surface area (Å²) in [6.45, 7) is 2.63. The highest BCUT2D eigenvalue weighted by Gasteiger charge is 2.40. The summed E-state index contributed by atoms with van der Waals surface area (Å²) in [5, 5.41) is 3.00. The number of carbonyl (C=O) groups is 1. The van der Waals surface area contributed by atoms with E-state index in [0.29, 0.717) is 18.9 Å². The number of hydrogen-bond acceptors (Lipinski definition) is 2. The van der Waals surface area contributed by atoms with Crippen molar-refractivity contribution in [1.29, 1.82) is 0 Å². The number of anilines is 1. The zero-order chi connectivity index (χ0) is 13.9. The lowest BCUT2D eigenvalue weighted by molar-refractivity contribution is -0.117. The van der Waals surface area contributed by atoms with Crippen molar-refractivity contribution in [2.45, 2.75) is 39.0 Å². The molecule has 0 aliphatic heterocycles. The lowest BCUT2D eigenvalue weighted by Gasteiger charge is -2.20. The van der Waals surface area contributed by atoms with E-state index in [1.807, 2.05) is 31.2 Å². The molecule has 3 unspecified atom stereocenters. The molecule has 3 nitrogen and oxygen atoms in total. The molecule has 1 amide bonds. The summed E-state index contributed by atoms with van der Waals surface area (Å²) in [5.74, 6) is 3.34. The van der Waals surface area contributed by atoms with Gasteiger partial charge in [0, 0.05) is 12.1 Å². The summed E-state index contributed by atoms with van der Waals surface area (Å²) >= 11 is 0. The van der Waals surface area contributed by atoms with E-state index in [0.717, 1.165) is 23.3 Å². The number of ether oxygens (including phenoxy) is 1. The van der Waals surface area contributed by atoms with Gasteiger partial charge in [0.1, 0.15) is 5.75 Å². The fraction of sp³-hybridized carbons (Fsp3) is 0.588. The van der Waals surface area contributed by atoms with E-state index in [-0.39, 0.29) is 5.91 Å². The second-order valence-electron chi connectivity index (χ2n) is 6.14. The number of nitrogens with one attached hydrogen (secondary N) is 1. The van der Waals surface area contributed by atoms with E-state index in [4.69, 9.17) is 4.74 Å². The van der Waals surface area contributed by atoms with Gasteiger partial charge in [-0.25, -0.2) is 0 Å². The Morgan fingerprint density at radius 3 is 2.65 bits per heavy atom. The van der Waals surface area contributed by atoms with E-state index >= 15 is 0 Å². The van der Waals surface area contributed by atoms with Crippen molar-refractivity contribution < 1.29 is 9.53 Å². The third kappa shape index (κ3) is 2.97. The van der Waals surface area contributed by atoms with Crippen LogP contribution in [0.2, 0.25) is 0 Å². The highest BCUT2D eigenvalue weighted by atomic mass is 16.5. The van der Waals surface area contributed by atoms with Crippen LogP contribution in [0.4, 0.5) is 5.69 Å². The molecule has 0 saturated heterocycles. The number of amides is 1. The third-order valence-electron chi connectivity index (χ3n) is 4.78. The molecule has 1 N–H and O–H groups in total. The molecule has 2 fully saturated rings. The number of hydrogen-bond donors (Lipinski definition) is 1. The van der Waals surface area contributed by atoms with Crippen molar-refractivity contribution in [3.05, 3.63) is 24.3 Å². The highest BCUT2D eigenvalue weighted by Crippen LogP contribution is 2.49. The van der Waals surface area contributed by atoms with E-state index in [2.05, 4.69) is 5.32 Å². The first-order valence-electron chi connectivity index (χ1n) is 7.77. The van der Waals surface area contributed by atoms with Crippen molar-refractivity contribution in [3.8, 4) is 5.75 Å². The van der Waals surface area contributed by atoms with Crippen LogP contribution in [0, 0.1) is 17.8 Å². The van der Waals surface area contributed by atoms with Crippen molar-refractivity contribution in [2.24, 2.45) is 17.8 Å². The number of fused-ring (bicyclic) bond motifs is 2. The fourth-order valence-corrected chi connectivity index (χ4v) is 3.88. The molecule has 1 aromatic carbocycles. The SMILES string of the molecule is CCOc1ccc(NC(=O)CC2CC3CCC2C3)cc1. The quantitative estimate of drug-likeness (QED) is 0.885. The van der Waals surface area contributed by atoms with Gasteiger partial charge < -0.3 is 10.1 Å². The summed E-state index contributed by atoms with van der Waals surface area (Å²) in [6, 6.07) is 7.61. The summed E-state index contributed by atoms with van der Waals surface area (Å²) in [6.07, 6.45) is 6.05. The maximum Gasteiger partial charge on any atom is 0.224 e. The highest BCUT2D eigenvalue weighted by molar-refractivity contribution is 5.90. The Kier molecular flexibility index (Phi) is 3.95. The van der Waals surface area contributed by atoms with Crippen LogP contribution < -0.4 is 10.1 Å². The Hall–Kier alpha value is -1.51. The maximum absolute atomic E-state index is 12.1. The van der Waals surface area contributed by atoms with Gasteiger partial charge in [0.25, 0.3) is 0 Å². The van der Waals surface area contributed by atoms with Gasteiger partial charge in [-0.15, -0.1) is 0 Å². The molecular formula is C17H23NO2. The van der Waals surface area contributed by atoms with Crippen LogP contribution in [-0.4, -0.2) is 12.5 Å². The molecule has 20 heavy (non-hydrogen) atoms. The lowest BCUT2D eigenvalue weighted by atomic mass is 9.86. The molecule has 0 heterocycles. The van der Waals surface area contributed by atoms with Crippen LogP contribution in [0.5, 0.6) is 5.75 Å². The number of benzene rings is 1. The average molecular weight is 273 g/mol. The van der Waals surface area contributed by atoms with Crippen molar-refractivity contribution in [1.82, 2.24) is 0 Å². The summed E-state index contributed by atoms with van der Waals surface area (Å²) in [7, 11) is 0. The molecule has 3 rings (SSSR count). The molecule has 3 heteroatoms. The Bertz CT molecular complexity index is 468. The molecule has 3 atom stereocenters. The maximum atomic E-state index is 12.1. The van der Waals surface area contributed by atoms with Crippen LogP contribution in [0.15, 0.2) is 24.3 Å². The number of rotatable bonds is 5. The Morgan fingerprint density at radius 2 is 2.05 bits per heavy atom. The normalized spacial score (nSPS) is 27.6. The minimum atomic E-state index is 0.159. The van der Waals surface area contributed by atoms with Gasteiger partial charge in [-0.3, -0.25) is 4.79 Å². The molecule has 1 aromatic rings. The Morgan fingerprint density at radius 1 is 1.25 bits per heavy atom. The van der Waals surface area contributed by atoms with Gasteiger partial charge in [-0.2, -0.15) is 0 Å². The topological polar surface area (TPSA) is 38.3 Å². The predicted octanol–water partition coefficient (Wildman–Crippen LogP) is 3.85. The van der Waals surface area contributed by atoms with Crippen LogP contribution in [0.3, 0.4) is 0 Å². The average Bonchev–Trinajstić information content (AvgIpc) is 3.03. The standard InChI is InChI=1S/C17H23NO2/c1-2-20-16-7-5-15(6-8-16)18-17(19)11-14-10-12-3-4-13(14)9-12/h5-8,12-14H,2-4,9-11H2,1H3,(H,18,19). The fourth-order valence-electron chi connectivity index (χ4n) is 3.88. The first-order valence-corrected chi connectivity index (χ1v) is 7.77. The zero-order valence-electron chi connectivity index (χ0n) is 12.1. The zero-order valence-corrected chi connectivity index (χ0v) is 12.1. The van der Waals surface area contributed by atoms with Crippen LogP contribution in [-0.2, 0) is 4.79 Å². The second-order valence-corrected chi connectivity index (χ2v) is 6.14. The Labute approximate surface area is 120 Å². The molecular weight excluding hydrogens is 250 g/mol. The summed E-state index contributed by atoms with van der Waals surface area (Å²) in [5.41, 5.74) is 0.863. The van der Waals surface area contributed by atoms with E-state index in [1.165, 1.54) is 25.7 Å². The van der Waals surface area contributed by atoms with Crippen LogP contribution in [0.1, 0.15) is 39.0 Å². The third-order valence-corrected chi connectivity index (χ3v) is 4.78. The van der Waals surface area contributed by atoms with Gasteiger partial charge in [-0.1, -0.05) is 6.42 Å². The largest absolute Gasteiger partial charge is 0.494 e. The van der Waals surface area contributed by atoms with Gasteiger partial charge in [-0.05, 0) is 68.2 Å².